The Morgan fingerprint density at radius 3 is 2.65 bits per heavy atom. The van der Waals surface area contributed by atoms with Gasteiger partial charge in [0, 0.05) is 31.1 Å². The average Bonchev–Trinajstić information content (AvgIpc) is 3.19. The van der Waals surface area contributed by atoms with Gasteiger partial charge in [0.05, 0.1) is 0 Å². The zero-order chi connectivity index (χ0) is 14.1. The van der Waals surface area contributed by atoms with E-state index < -0.39 is 0 Å². The SMILES string of the molecule is CCN(CC)C1CCN(c2cc(Br)nc(C3CC3)n2)C1. The molecular weight excluding hydrogens is 316 g/mol. The highest BCUT2D eigenvalue weighted by Crippen LogP contribution is 2.39. The Bertz CT molecular complexity index is 471. The summed E-state index contributed by atoms with van der Waals surface area (Å²) in [7, 11) is 0. The molecule has 1 aromatic heterocycles. The Kier molecular flexibility index (Phi) is 4.26. The van der Waals surface area contributed by atoms with E-state index in [1.54, 1.807) is 0 Å². The Morgan fingerprint density at radius 2 is 2.00 bits per heavy atom. The number of hydrogen-bond acceptors (Lipinski definition) is 4. The van der Waals surface area contributed by atoms with Gasteiger partial charge in [-0.25, -0.2) is 9.97 Å². The van der Waals surface area contributed by atoms with Crippen molar-refractivity contribution in [2.45, 2.75) is 45.1 Å². The van der Waals surface area contributed by atoms with E-state index in [0.717, 1.165) is 42.4 Å². The standard InChI is InChI=1S/C15H23BrN4/c1-3-19(4-2)12-7-8-20(10-12)14-9-13(16)17-15(18-14)11-5-6-11/h9,11-12H,3-8,10H2,1-2H3. The number of halogens is 1. The first kappa shape index (κ1) is 14.3. The number of likely N-dealkylation sites (N-methyl/N-ethyl adjacent to an activating group) is 1. The van der Waals surface area contributed by atoms with Crippen LogP contribution < -0.4 is 4.90 Å². The van der Waals surface area contributed by atoms with E-state index in [-0.39, 0.29) is 0 Å². The lowest BCUT2D eigenvalue weighted by Gasteiger charge is -2.26. The van der Waals surface area contributed by atoms with E-state index >= 15 is 0 Å². The van der Waals surface area contributed by atoms with Crippen LogP contribution in [0.1, 0.15) is 44.9 Å². The molecule has 2 fully saturated rings. The van der Waals surface area contributed by atoms with Crippen LogP contribution in [0.15, 0.2) is 10.7 Å². The van der Waals surface area contributed by atoms with Crippen molar-refractivity contribution in [3.63, 3.8) is 0 Å². The molecule has 0 spiro atoms. The van der Waals surface area contributed by atoms with Crippen LogP contribution >= 0.6 is 15.9 Å². The molecule has 4 nitrogen and oxygen atoms in total. The van der Waals surface area contributed by atoms with Gasteiger partial charge >= 0.3 is 0 Å². The van der Waals surface area contributed by atoms with E-state index in [0.29, 0.717) is 12.0 Å². The number of nitrogens with zero attached hydrogens (tertiary/aromatic N) is 4. The molecule has 0 N–H and O–H groups in total. The summed E-state index contributed by atoms with van der Waals surface area (Å²) in [5, 5.41) is 0. The maximum atomic E-state index is 4.79. The van der Waals surface area contributed by atoms with E-state index in [2.05, 4.69) is 50.6 Å². The molecule has 0 bridgehead atoms. The molecule has 1 unspecified atom stereocenters. The molecule has 0 radical (unpaired) electrons. The summed E-state index contributed by atoms with van der Waals surface area (Å²) in [5.41, 5.74) is 0. The zero-order valence-electron chi connectivity index (χ0n) is 12.3. The summed E-state index contributed by atoms with van der Waals surface area (Å²) in [6, 6.07) is 2.74. The van der Waals surface area contributed by atoms with Crippen molar-refractivity contribution >= 4 is 21.7 Å². The van der Waals surface area contributed by atoms with Crippen molar-refractivity contribution in [2.24, 2.45) is 0 Å². The van der Waals surface area contributed by atoms with Gasteiger partial charge in [-0.05, 0) is 48.3 Å². The quantitative estimate of drug-likeness (QED) is 0.772. The van der Waals surface area contributed by atoms with Crippen molar-refractivity contribution in [2.75, 3.05) is 31.1 Å². The first-order chi connectivity index (χ1) is 9.71. The van der Waals surface area contributed by atoms with Crippen LogP contribution in [0.25, 0.3) is 0 Å². The lowest BCUT2D eigenvalue weighted by Crippen LogP contribution is -2.37. The predicted molar refractivity (Wildman–Crippen MR) is 85.2 cm³/mol. The Hall–Kier alpha value is -0.680. The summed E-state index contributed by atoms with van der Waals surface area (Å²) in [6.07, 6.45) is 3.73. The maximum absolute atomic E-state index is 4.79. The van der Waals surface area contributed by atoms with Crippen molar-refractivity contribution < 1.29 is 0 Å². The Morgan fingerprint density at radius 1 is 1.25 bits per heavy atom. The third-order valence-corrected chi connectivity index (χ3v) is 4.86. The van der Waals surface area contributed by atoms with Crippen molar-refractivity contribution in [3.05, 3.63) is 16.5 Å². The summed E-state index contributed by atoms with van der Waals surface area (Å²) < 4.78 is 0.927. The van der Waals surface area contributed by atoms with Gasteiger partial charge in [0.2, 0.25) is 0 Å². The van der Waals surface area contributed by atoms with Gasteiger partial charge in [0.25, 0.3) is 0 Å². The van der Waals surface area contributed by atoms with Crippen LogP contribution in [0, 0.1) is 0 Å². The smallest absolute Gasteiger partial charge is 0.135 e. The van der Waals surface area contributed by atoms with Crippen LogP contribution in [0.2, 0.25) is 0 Å². The van der Waals surface area contributed by atoms with Crippen molar-refractivity contribution in [1.82, 2.24) is 14.9 Å². The first-order valence-electron chi connectivity index (χ1n) is 7.74. The van der Waals surface area contributed by atoms with Crippen LogP contribution in [0.5, 0.6) is 0 Å². The van der Waals surface area contributed by atoms with Gasteiger partial charge in [0.15, 0.2) is 0 Å². The van der Waals surface area contributed by atoms with Crippen LogP contribution in [-0.2, 0) is 0 Å². The van der Waals surface area contributed by atoms with Gasteiger partial charge in [0.1, 0.15) is 16.2 Å². The fourth-order valence-electron chi connectivity index (χ4n) is 3.10. The minimum atomic E-state index is 0.604. The molecule has 1 saturated carbocycles. The third kappa shape index (κ3) is 2.98. The minimum absolute atomic E-state index is 0.604. The number of anilines is 1. The highest BCUT2D eigenvalue weighted by molar-refractivity contribution is 9.10. The number of aromatic nitrogens is 2. The summed E-state index contributed by atoms with van der Waals surface area (Å²) >= 11 is 3.54. The topological polar surface area (TPSA) is 32.3 Å². The fourth-order valence-corrected chi connectivity index (χ4v) is 3.48. The monoisotopic (exact) mass is 338 g/mol. The molecule has 0 aromatic carbocycles. The first-order valence-corrected chi connectivity index (χ1v) is 8.54. The molecule has 1 aliphatic heterocycles. The van der Waals surface area contributed by atoms with Gasteiger partial charge in [-0.2, -0.15) is 0 Å². The molecule has 20 heavy (non-hydrogen) atoms. The van der Waals surface area contributed by atoms with Crippen LogP contribution in [0.4, 0.5) is 5.82 Å². The number of hydrogen-bond donors (Lipinski definition) is 0. The van der Waals surface area contributed by atoms with E-state index in [1.807, 2.05) is 0 Å². The molecular formula is C15H23BrN4. The average molecular weight is 339 g/mol. The lowest BCUT2D eigenvalue weighted by atomic mass is 10.2. The summed E-state index contributed by atoms with van der Waals surface area (Å²) in [4.78, 5) is 14.3. The number of rotatable bonds is 5. The van der Waals surface area contributed by atoms with E-state index in [4.69, 9.17) is 4.98 Å². The molecule has 1 saturated heterocycles. The summed E-state index contributed by atoms with van der Waals surface area (Å²) in [5.74, 6) is 2.73. The van der Waals surface area contributed by atoms with Gasteiger partial charge < -0.3 is 4.90 Å². The van der Waals surface area contributed by atoms with Crippen molar-refractivity contribution in [3.8, 4) is 0 Å². The molecule has 2 aliphatic rings. The molecule has 1 aromatic rings. The normalized spacial score (nSPS) is 22.8. The second-order valence-corrected chi connectivity index (χ2v) is 6.60. The van der Waals surface area contributed by atoms with Gasteiger partial charge in [-0.1, -0.05) is 13.8 Å². The fraction of sp³-hybridized carbons (Fsp3) is 0.733. The molecule has 1 atom stereocenters. The molecule has 110 valence electrons. The minimum Gasteiger partial charge on any atom is -0.355 e. The lowest BCUT2D eigenvalue weighted by molar-refractivity contribution is 0.232. The van der Waals surface area contributed by atoms with Crippen LogP contribution in [0.3, 0.4) is 0 Å². The van der Waals surface area contributed by atoms with Gasteiger partial charge in [-0.3, -0.25) is 4.90 Å². The zero-order valence-corrected chi connectivity index (χ0v) is 13.9. The van der Waals surface area contributed by atoms with Crippen molar-refractivity contribution in [1.29, 1.82) is 0 Å². The van der Waals surface area contributed by atoms with Crippen LogP contribution in [-0.4, -0.2) is 47.1 Å². The van der Waals surface area contributed by atoms with E-state index in [1.165, 1.54) is 19.3 Å². The molecule has 0 amide bonds. The molecule has 2 heterocycles. The second kappa shape index (κ2) is 5.98. The highest BCUT2D eigenvalue weighted by atomic mass is 79.9. The van der Waals surface area contributed by atoms with Gasteiger partial charge in [-0.15, -0.1) is 0 Å². The second-order valence-electron chi connectivity index (χ2n) is 5.79. The third-order valence-electron chi connectivity index (χ3n) is 4.46. The summed E-state index contributed by atoms with van der Waals surface area (Å²) in [6.45, 7) is 8.97. The predicted octanol–water partition coefficient (Wildman–Crippen LogP) is 3.04. The largest absolute Gasteiger partial charge is 0.355 e. The molecule has 5 heteroatoms. The van der Waals surface area contributed by atoms with E-state index in [9.17, 15) is 0 Å². The highest BCUT2D eigenvalue weighted by Gasteiger charge is 2.30. The maximum Gasteiger partial charge on any atom is 0.135 e. The Balaban J connectivity index is 1.74. The Labute approximate surface area is 129 Å². The molecule has 1 aliphatic carbocycles. The molecule has 3 rings (SSSR count).